The molecule has 0 saturated carbocycles. The number of hydrogen-bond donors (Lipinski definition) is 1. The maximum atomic E-state index is 12.7. The Kier molecular flexibility index (Phi) is 8.17. The third-order valence-corrected chi connectivity index (χ3v) is 7.18. The van der Waals surface area contributed by atoms with Crippen LogP contribution in [0.1, 0.15) is 27.9 Å². The van der Waals surface area contributed by atoms with Gasteiger partial charge in [0.15, 0.2) is 11.0 Å². The number of carbonyl (C=O) groups excluding carboxylic acids is 1. The number of nitrogens with zero attached hydrogens (tertiary/aromatic N) is 3. The summed E-state index contributed by atoms with van der Waals surface area (Å²) in [7, 11) is 3.60. The summed E-state index contributed by atoms with van der Waals surface area (Å²) in [6.45, 7) is 0. The number of aromatic nitrogens is 3. The third-order valence-electron chi connectivity index (χ3n) is 5.25. The highest BCUT2D eigenvalue weighted by Gasteiger charge is 2.22. The summed E-state index contributed by atoms with van der Waals surface area (Å²) >= 11 is 3.20. The van der Waals surface area contributed by atoms with E-state index in [1.807, 2.05) is 77.7 Å². The summed E-state index contributed by atoms with van der Waals surface area (Å²) in [6, 6.07) is 21.7. The fourth-order valence-corrected chi connectivity index (χ4v) is 4.94. The van der Waals surface area contributed by atoms with Crippen LogP contribution in [0.2, 0.25) is 0 Å². The van der Waals surface area contributed by atoms with Crippen molar-refractivity contribution in [2.75, 3.05) is 7.11 Å². The molecule has 2 aromatic heterocycles. The van der Waals surface area contributed by atoms with Gasteiger partial charge in [0.1, 0.15) is 5.75 Å². The Labute approximate surface area is 207 Å². The van der Waals surface area contributed by atoms with Gasteiger partial charge in [-0.25, -0.2) is 0 Å². The molecule has 4 rings (SSSR count). The molecule has 0 radical (unpaired) electrons. The van der Waals surface area contributed by atoms with Crippen LogP contribution in [-0.4, -0.2) is 27.8 Å². The first-order valence-corrected chi connectivity index (χ1v) is 12.7. The highest BCUT2D eigenvalue weighted by molar-refractivity contribution is 7.98. The summed E-state index contributed by atoms with van der Waals surface area (Å²) < 4.78 is 7.19. The van der Waals surface area contributed by atoms with Crippen molar-refractivity contribution in [3.05, 3.63) is 100 Å². The van der Waals surface area contributed by atoms with Crippen molar-refractivity contribution in [1.29, 1.82) is 0 Å². The molecular formula is C26H26N4O2S2. The van der Waals surface area contributed by atoms with E-state index < -0.39 is 0 Å². The average Bonchev–Trinajstić information content (AvgIpc) is 3.52. The molecule has 0 fully saturated rings. The van der Waals surface area contributed by atoms with E-state index in [2.05, 4.69) is 27.6 Å². The Morgan fingerprint density at radius 3 is 2.59 bits per heavy atom. The van der Waals surface area contributed by atoms with E-state index in [1.165, 1.54) is 5.56 Å². The van der Waals surface area contributed by atoms with Crippen LogP contribution in [0.3, 0.4) is 0 Å². The highest BCUT2D eigenvalue weighted by Crippen LogP contribution is 2.25. The maximum Gasteiger partial charge on any atom is 0.244 e. The third kappa shape index (κ3) is 6.36. The second-order valence-electron chi connectivity index (χ2n) is 7.64. The first-order chi connectivity index (χ1) is 16.6. The van der Waals surface area contributed by atoms with Gasteiger partial charge < -0.3 is 14.6 Å². The lowest BCUT2D eigenvalue weighted by atomic mass is 10.1. The van der Waals surface area contributed by atoms with Gasteiger partial charge in [-0.1, -0.05) is 60.3 Å². The normalized spacial score (nSPS) is 12.1. The fraction of sp³-hybridized carbons (Fsp3) is 0.192. The molecule has 2 aromatic carbocycles. The Morgan fingerprint density at radius 1 is 1.09 bits per heavy atom. The number of rotatable bonds is 10. The summed E-state index contributed by atoms with van der Waals surface area (Å²) in [6.07, 6.45) is 4.01. The molecule has 0 bridgehead atoms. The van der Waals surface area contributed by atoms with Crippen LogP contribution >= 0.6 is 23.1 Å². The van der Waals surface area contributed by atoms with Gasteiger partial charge >= 0.3 is 0 Å². The van der Waals surface area contributed by atoms with Crippen LogP contribution in [0, 0.1) is 0 Å². The molecule has 0 aliphatic heterocycles. The lowest BCUT2D eigenvalue weighted by Gasteiger charge is -2.17. The smallest absolute Gasteiger partial charge is 0.244 e. The molecule has 1 amide bonds. The van der Waals surface area contributed by atoms with Gasteiger partial charge in [-0.15, -0.1) is 21.5 Å². The summed E-state index contributed by atoms with van der Waals surface area (Å²) in [4.78, 5) is 13.8. The van der Waals surface area contributed by atoms with E-state index in [0.717, 1.165) is 32.9 Å². The number of nitrogens with one attached hydrogen (secondary N) is 1. The summed E-state index contributed by atoms with van der Waals surface area (Å²) in [5.74, 6) is 2.15. The average molecular weight is 491 g/mol. The van der Waals surface area contributed by atoms with E-state index in [9.17, 15) is 4.79 Å². The van der Waals surface area contributed by atoms with E-state index in [-0.39, 0.29) is 11.9 Å². The Hall–Kier alpha value is -3.36. The van der Waals surface area contributed by atoms with Crippen LogP contribution in [-0.2, 0) is 24.0 Å². The van der Waals surface area contributed by atoms with Gasteiger partial charge in [-0.3, -0.25) is 4.79 Å². The van der Waals surface area contributed by atoms with Crippen molar-refractivity contribution in [2.24, 2.45) is 7.05 Å². The lowest BCUT2D eigenvalue weighted by Crippen LogP contribution is -2.30. The second-order valence-corrected chi connectivity index (χ2v) is 9.56. The molecule has 8 heteroatoms. The second kappa shape index (κ2) is 11.7. The molecule has 2 heterocycles. The van der Waals surface area contributed by atoms with Gasteiger partial charge in [-0.2, -0.15) is 0 Å². The predicted molar refractivity (Wildman–Crippen MR) is 138 cm³/mol. The van der Waals surface area contributed by atoms with Crippen LogP contribution in [0.25, 0.3) is 6.08 Å². The molecule has 6 nitrogen and oxygen atoms in total. The van der Waals surface area contributed by atoms with E-state index in [0.29, 0.717) is 6.42 Å². The Morgan fingerprint density at radius 2 is 1.88 bits per heavy atom. The minimum atomic E-state index is -0.310. The predicted octanol–water partition coefficient (Wildman–Crippen LogP) is 5.29. The van der Waals surface area contributed by atoms with E-state index in [4.69, 9.17) is 4.74 Å². The number of thioether (sulfide) groups is 1. The molecule has 0 aliphatic rings. The molecule has 0 saturated heterocycles. The molecule has 34 heavy (non-hydrogen) atoms. The van der Waals surface area contributed by atoms with E-state index >= 15 is 0 Å². The van der Waals surface area contributed by atoms with Gasteiger partial charge in [0.2, 0.25) is 5.91 Å². The van der Waals surface area contributed by atoms with Gasteiger partial charge in [-0.05, 0) is 47.2 Å². The Balaban J connectivity index is 1.49. The zero-order valence-corrected chi connectivity index (χ0v) is 20.7. The minimum Gasteiger partial charge on any atom is -0.497 e. The molecule has 0 aliphatic carbocycles. The summed E-state index contributed by atoms with van der Waals surface area (Å²) in [5, 5.41) is 14.8. The van der Waals surface area contributed by atoms with Crippen molar-refractivity contribution in [1.82, 2.24) is 20.1 Å². The van der Waals surface area contributed by atoms with Crippen LogP contribution in [0.15, 0.2) is 83.3 Å². The zero-order valence-electron chi connectivity index (χ0n) is 19.0. The van der Waals surface area contributed by atoms with E-state index in [1.54, 1.807) is 36.3 Å². The molecule has 174 valence electrons. The number of carbonyl (C=O) groups is 1. The van der Waals surface area contributed by atoms with Crippen LogP contribution in [0.4, 0.5) is 0 Å². The number of hydrogen-bond acceptors (Lipinski definition) is 6. The molecule has 1 N–H and O–H groups in total. The topological polar surface area (TPSA) is 69.0 Å². The monoisotopic (exact) mass is 490 g/mol. The molecule has 1 atom stereocenters. The number of benzene rings is 2. The number of amides is 1. The van der Waals surface area contributed by atoms with Crippen LogP contribution in [0.5, 0.6) is 5.75 Å². The largest absolute Gasteiger partial charge is 0.497 e. The quantitative estimate of drug-likeness (QED) is 0.242. The molecule has 4 aromatic rings. The van der Waals surface area contributed by atoms with Crippen molar-refractivity contribution in [2.45, 2.75) is 23.4 Å². The Bertz CT molecular complexity index is 1220. The number of ether oxygens (including phenoxy) is 1. The standard InChI is InChI=1S/C26H26N4O2S2/c1-30-25(28-29-26(30)34-18-20-10-12-21(32-2)13-11-20)23(17-19-7-4-3-5-8-19)27-24(31)15-14-22-9-6-16-33-22/h3-16,23H,17-18H2,1-2H3,(H,27,31)/b15-14+/t23-/m0/s1. The fourth-order valence-electron chi connectivity index (χ4n) is 3.45. The lowest BCUT2D eigenvalue weighted by molar-refractivity contribution is -0.117. The highest BCUT2D eigenvalue weighted by atomic mass is 32.2. The summed E-state index contributed by atoms with van der Waals surface area (Å²) in [5.41, 5.74) is 2.29. The molecule has 0 spiro atoms. The SMILES string of the molecule is COc1ccc(CSc2nnc([C@H](Cc3ccccc3)NC(=O)/C=C/c3cccs3)n2C)cc1. The zero-order chi connectivity index (χ0) is 23.8. The first kappa shape index (κ1) is 23.8. The van der Waals surface area contributed by atoms with Crippen molar-refractivity contribution in [3.63, 3.8) is 0 Å². The van der Waals surface area contributed by atoms with Crippen molar-refractivity contribution in [3.8, 4) is 5.75 Å². The first-order valence-electron chi connectivity index (χ1n) is 10.8. The molecule has 0 unspecified atom stereocenters. The van der Waals surface area contributed by atoms with Crippen molar-refractivity contribution >= 4 is 35.1 Å². The van der Waals surface area contributed by atoms with Gasteiger partial charge in [0.05, 0.1) is 13.2 Å². The van der Waals surface area contributed by atoms with Gasteiger partial charge in [0, 0.05) is 23.8 Å². The number of methoxy groups -OCH3 is 1. The van der Waals surface area contributed by atoms with Crippen molar-refractivity contribution < 1.29 is 9.53 Å². The number of thiophene rings is 1. The minimum absolute atomic E-state index is 0.162. The molecular weight excluding hydrogens is 464 g/mol. The maximum absolute atomic E-state index is 12.7. The van der Waals surface area contributed by atoms with Gasteiger partial charge in [0.25, 0.3) is 0 Å². The van der Waals surface area contributed by atoms with Crippen LogP contribution < -0.4 is 10.1 Å².